The highest BCUT2D eigenvalue weighted by Crippen LogP contribution is 2.42. The van der Waals surface area contributed by atoms with Crippen LogP contribution in [0.25, 0.3) is 21.6 Å². The molecule has 22 heavy (non-hydrogen) atoms. The summed E-state index contributed by atoms with van der Waals surface area (Å²) in [5.74, 6) is 0.146. The Morgan fingerprint density at radius 1 is 1.59 bits per heavy atom. The van der Waals surface area contributed by atoms with E-state index in [9.17, 15) is 9.50 Å². The molecular formula is C10H10FIN8O2. The SMILES string of the molecule is [N-]=[N+]=N[C@]1(CI)O[C@@H](n2cnc3c(N)ncnc32)[C@H](F)[C@@H]1O. The average Bonchev–Trinajstić information content (AvgIpc) is 3.04. The van der Waals surface area contributed by atoms with Gasteiger partial charge in [-0.15, -0.1) is 0 Å². The van der Waals surface area contributed by atoms with Gasteiger partial charge in [0, 0.05) is 9.34 Å². The van der Waals surface area contributed by atoms with E-state index in [1.165, 1.54) is 17.2 Å². The Balaban J connectivity index is 2.08. The van der Waals surface area contributed by atoms with Gasteiger partial charge in [0.25, 0.3) is 0 Å². The number of nitrogens with zero attached hydrogens (tertiary/aromatic N) is 7. The molecule has 3 heterocycles. The molecule has 1 aliphatic heterocycles. The predicted molar refractivity (Wildman–Crippen MR) is 81.5 cm³/mol. The molecule has 1 aliphatic rings. The molecule has 10 nitrogen and oxygen atoms in total. The minimum absolute atomic E-state index is 0.0800. The van der Waals surface area contributed by atoms with E-state index in [0.29, 0.717) is 5.52 Å². The smallest absolute Gasteiger partial charge is 0.187 e. The van der Waals surface area contributed by atoms with Gasteiger partial charge in [-0.3, -0.25) is 4.57 Å². The third-order valence-electron chi connectivity index (χ3n) is 3.43. The predicted octanol–water partition coefficient (Wildman–Crippen LogP) is 1.08. The van der Waals surface area contributed by atoms with Gasteiger partial charge in [0.05, 0.1) is 6.33 Å². The van der Waals surface area contributed by atoms with E-state index >= 15 is 0 Å². The Kier molecular flexibility index (Phi) is 3.76. The molecule has 0 aliphatic carbocycles. The van der Waals surface area contributed by atoms with Crippen molar-refractivity contribution in [2.24, 2.45) is 5.11 Å². The summed E-state index contributed by atoms with van der Waals surface area (Å²) < 4.78 is 21.4. The van der Waals surface area contributed by atoms with Gasteiger partial charge in [-0.2, -0.15) is 0 Å². The number of imidazole rings is 1. The molecule has 0 aromatic carbocycles. The molecule has 1 saturated heterocycles. The molecule has 0 saturated carbocycles. The lowest BCUT2D eigenvalue weighted by molar-refractivity contribution is -0.0807. The number of aromatic nitrogens is 4. The minimum Gasteiger partial charge on any atom is -0.387 e. The fourth-order valence-electron chi connectivity index (χ4n) is 2.31. The molecule has 3 rings (SSSR count). The lowest BCUT2D eigenvalue weighted by Gasteiger charge is -2.23. The summed E-state index contributed by atoms with van der Waals surface area (Å²) >= 11 is 1.86. The normalized spacial score (nSPS) is 31.3. The highest BCUT2D eigenvalue weighted by molar-refractivity contribution is 14.1. The van der Waals surface area contributed by atoms with Crippen molar-refractivity contribution >= 4 is 39.6 Å². The lowest BCUT2D eigenvalue weighted by atomic mass is 10.1. The Hall–Kier alpha value is -1.76. The van der Waals surface area contributed by atoms with Crippen LogP contribution in [-0.4, -0.2) is 47.1 Å². The molecule has 0 spiro atoms. The second kappa shape index (κ2) is 5.46. The van der Waals surface area contributed by atoms with Gasteiger partial charge in [-0.1, -0.05) is 27.7 Å². The Bertz CT molecular complexity index is 764. The summed E-state index contributed by atoms with van der Waals surface area (Å²) in [5.41, 5.74) is 13.2. The van der Waals surface area contributed by atoms with Crippen molar-refractivity contribution in [2.75, 3.05) is 10.2 Å². The van der Waals surface area contributed by atoms with Crippen LogP contribution >= 0.6 is 22.6 Å². The highest BCUT2D eigenvalue weighted by Gasteiger charge is 2.55. The van der Waals surface area contributed by atoms with Gasteiger partial charge in [0.2, 0.25) is 0 Å². The first-order chi connectivity index (χ1) is 10.5. The summed E-state index contributed by atoms with van der Waals surface area (Å²) in [5, 5.41) is 13.5. The molecule has 0 radical (unpaired) electrons. The lowest BCUT2D eigenvalue weighted by Crippen LogP contribution is -2.41. The summed E-state index contributed by atoms with van der Waals surface area (Å²) in [7, 11) is 0. The Morgan fingerprint density at radius 3 is 3.05 bits per heavy atom. The molecule has 0 bridgehead atoms. The van der Waals surface area contributed by atoms with Gasteiger partial charge in [-0.05, 0) is 5.53 Å². The van der Waals surface area contributed by atoms with E-state index in [0.717, 1.165) is 0 Å². The van der Waals surface area contributed by atoms with Crippen molar-refractivity contribution < 1.29 is 14.2 Å². The number of fused-ring (bicyclic) bond motifs is 1. The number of azide groups is 1. The topological polar surface area (TPSA) is 148 Å². The van der Waals surface area contributed by atoms with Crippen molar-refractivity contribution in [1.82, 2.24) is 19.5 Å². The van der Waals surface area contributed by atoms with Crippen LogP contribution in [-0.2, 0) is 4.74 Å². The van der Waals surface area contributed by atoms with Crippen molar-refractivity contribution in [2.45, 2.75) is 24.2 Å². The Labute approximate surface area is 136 Å². The van der Waals surface area contributed by atoms with E-state index in [4.69, 9.17) is 16.0 Å². The highest BCUT2D eigenvalue weighted by atomic mass is 127. The van der Waals surface area contributed by atoms with E-state index < -0.39 is 24.2 Å². The third kappa shape index (κ3) is 2.06. The number of nitrogens with two attached hydrogens (primary N) is 1. The number of rotatable bonds is 3. The molecule has 1 fully saturated rings. The fourth-order valence-corrected chi connectivity index (χ4v) is 3.09. The molecule has 2 aromatic heterocycles. The van der Waals surface area contributed by atoms with Gasteiger partial charge >= 0.3 is 0 Å². The van der Waals surface area contributed by atoms with Crippen molar-refractivity contribution in [1.29, 1.82) is 0 Å². The van der Waals surface area contributed by atoms with Crippen LogP contribution in [0.4, 0.5) is 10.2 Å². The van der Waals surface area contributed by atoms with Crippen LogP contribution in [0.15, 0.2) is 17.8 Å². The number of ether oxygens (including phenoxy) is 1. The molecule has 0 amide bonds. The second-order valence-electron chi connectivity index (χ2n) is 4.65. The van der Waals surface area contributed by atoms with Crippen LogP contribution in [0, 0.1) is 0 Å². The second-order valence-corrected chi connectivity index (χ2v) is 5.41. The Morgan fingerprint density at radius 2 is 2.36 bits per heavy atom. The standard InChI is InChI=1S/C10H10FIN8O2/c11-4-6(21)10(1-12,18-19-14)22-9(4)20-3-17-5-7(13)15-2-16-8(5)20/h2-4,6,9,21H,1H2,(H2,13,15,16)/t4-,6+,9-,10-/m1/s1. The van der Waals surface area contributed by atoms with E-state index in [1.54, 1.807) is 0 Å². The zero-order valence-electron chi connectivity index (χ0n) is 10.9. The number of nitrogen functional groups attached to an aromatic ring is 1. The van der Waals surface area contributed by atoms with E-state index in [2.05, 4.69) is 25.0 Å². The van der Waals surface area contributed by atoms with Crippen LogP contribution in [0.3, 0.4) is 0 Å². The number of hydrogen-bond acceptors (Lipinski definition) is 7. The molecule has 12 heteroatoms. The number of anilines is 1. The van der Waals surface area contributed by atoms with Crippen LogP contribution in [0.1, 0.15) is 6.23 Å². The molecule has 0 unspecified atom stereocenters. The quantitative estimate of drug-likeness (QED) is 0.250. The molecule has 4 atom stereocenters. The monoisotopic (exact) mass is 420 g/mol. The third-order valence-corrected chi connectivity index (χ3v) is 4.52. The fraction of sp³-hybridized carbons (Fsp3) is 0.500. The number of alkyl halides is 2. The van der Waals surface area contributed by atoms with E-state index in [-0.39, 0.29) is 15.9 Å². The summed E-state index contributed by atoms with van der Waals surface area (Å²) in [6.45, 7) is 0. The van der Waals surface area contributed by atoms with Crippen molar-refractivity contribution in [3.05, 3.63) is 23.1 Å². The molecular weight excluding hydrogens is 410 g/mol. The van der Waals surface area contributed by atoms with Crippen LogP contribution < -0.4 is 5.73 Å². The summed E-state index contributed by atoms with van der Waals surface area (Å²) in [6.07, 6.45) is -2.17. The molecule has 2 aromatic rings. The number of halogens is 2. The number of hydrogen-bond donors (Lipinski definition) is 2. The maximum atomic E-state index is 14.5. The van der Waals surface area contributed by atoms with Crippen molar-refractivity contribution in [3.8, 4) is 0 Å². The zero-order chi connectivity index (χ0) is 15.9. The van der Waals surface area contributed by atoms with Crippen LogP contribution in [0.2, 0.25) is 0 Å². The summed E-state index contributed by atoms with van der Waals surface area (Å²) in [4.78, 5) is 14.5. The first-order valence-electron chi connectivity index (χ1n) is 6.09. The van der Waals surface area contributed by atoms with E-state index in [1.807, 2.05) is 22.6 Å². The molecule has 3 N–H and O–H groups in total. The van der Waals surface area contributed by atoms with Gasteiger partial charge in [-0.25, -0.2) is 19.3 Å². The van der Waals surface area contributed by atoms with Gasteiger partial charge in [0.15, 0.2) is 29.6 Å². The number of aliphatic hydroxyl groups excluding tert-OH is 1. The minimum atomic E-state index is -1.83. The molecule has 116 valence electrons. The van der Waals surface area contributed by atoms with Gasteiger partial charge in [0.1, 0.15) is 17.9 Å². The zero-order valence-corrected chi connectivity index (χ0v) is 13.1. The summed E-state index contributed by atoms with van der Waals surface area (Å²) in [6, 6.07) is 0. The average molecular weight is 420 g/mol. The maximum absolute atomic E-state index is 14.5. The van der Waals surface area contributed by atoms with Crippen LogP contribution in [0.5, 0.6) is 0 Å². The maximum Gasteiger partial charge on any atom is 0.187 e. The van der Waals surface area contributed by atoms with Gasteiger partial charge < -0.3 is 15.6 Å². The largest absolute Gasteiger partial charge is 0.387 e. The first kappa shape index (κ1) is 15.1. The van der Waals surface area contributed by atoms with Crippen molar-refractivity contribution in [3.63, 3.8) is 0 Å². The number of aliphatic hydroxyl groups is 1. The first-order valence-corrected chi connectivity index (χ1v) is 7.62.